The molecule has 120 valence electrons. The van der Waals surface area contributed by atoms with Crippen LogP contribution in [0.15, 0.2) is 51.9 Å². The Labute approximate surface area is 146 Å². The van der Waals surface area contributed by atoms with Gasteiger partial charge in [-0.05, 0) is 39.7 Å². The predicted octanol–water partition coefficient (Wildman–Crippen LogP) is 3.61. The maximum Gasteiger partial charge on any atom is 0.315 e. The molecule has 0 saturated carbocycles. The summed E-state index contributed by atoms with van der Waals surface area (Å²) in [5, 5.41) is 24.4. The van der Waals surface area contributed by atoms with Gasteiger partial charge < -0.3 is 15.7 Å². The normalized spacial score (nSPS) is 13.4. The van der Waals surface area contributed by atoms with Crippen LogP contribution in [-0.4, -0.2) is 17.7 Å². The molecule has 0 fully saturated rings. The van der Waals surface area contributed by atoms with Crippen molar-refractivity contribution >= 4 is 40.0 Å². The van der Waals surface area contributed by atoms with Gasteiger partial charge in [0.05, 0.1) is 13.1 Å². The first-order valence-corrected chi connectivity index (χ1v) is 9.72. The van der Waals surface area contributed by atoms with Crippen molar-refractivity contribution in [3.05, 3.63) is 67.2 Å². The van der Waals surface area contributed by atoms with E-state index in [4.69, 9.17) is 0 Å². The summed E-state index contributed by atoms with van der Waals surface area (Å²) >= 11 is 4.60. The molecular formula is C16H16N2O2S3. The van der Waals surface area contributed by atoms with Gasteiger partial charge in [-0.2, -0.15) is 11.3 Å². The molecule has 0 aliphatic carbocycles. The molecule has 3 N–H and O–H groups in total. The van der Waals surface area contributed by atoms with Gasteiger partial charge in [0.25, 0.3) is 0 Å². The van der Waals surface area contributed by atoms with Crippen molar-refractivity contribution in [1.82, 2.24) is 10.6 Å². The van der Waals surface area contributed by atoms with Crippen molar-refractivity contribution in [3.8, 4) is 0 Å². The number of urea groups is 1. The highest BCUT2D eigenvalue weighted by atomic mass is 32.1. The molecule has 0 aliphatic heterocycles. The smallest absolute Gasteiger partial charge is 0.315 e. The lowest BCUT2D eigenvalue weighted by Crippen LogP contribution is -2.44. The topological polar surface area (TPSA) is 61.4 Å². The summed E-state index contributed by atoms with van der Waals surface area (Å²) in [6.45, 7) is 0.611. The first-order valence-electron chi connectivity index (χ1n) is 7.01. The van der Waals surface area contributed by atoms with E-state index in [1.165, 1.54) is 22.7 Å². The zero-order valence-corrected chi connectivity index (χ0v) is 14.6. The van der Waals surface area contributed by atoms with Gasteiger partial charge in [-0.25, -0.2) is 4.79 Å². The number of thiophene rings is 3. The second kappa shape index (κ2) is 7.27. The van der Waals surface area contributed by atoms with E-state index in [2.05, 4.69) is 10.6 Å². The Kier molecular flexibility index (Phi) is 5.12. The second-order valence-corrected chi connectivity index (χ2v) is 7.73. The van der Waals surface area contributed by atoms with Crippen LogP contribution in [0.4, 0.5) is 4.79 Å². The minimum Gasteiger partial charge on any atom is -0.378 e. The average molecular weight is 365 g/mol. The Morgan fingerprint density at radius 2 is 1.91 bits per heavy atom. The van der Waals surface area contributed by atoms with E-state index >= 15 is 0 Å². The van der Waals surface area contributed by atoms with Gasteiger partial charge in [0, 0.05) is 15.3 Å². The monoisotopic (exact) mass is 364 g/mol. The van der Waals surface area contributed by atoms with Crippen LogP contribution in [0.1, 0.15) is 15.3 Å². The van der Waals surface area contributed by atoms with Crippen LogP contribution in [-0.2, 0) is 12.1 Å². The molecule has 23 heavy (non-hydrogen) atoms. The van der Waals surface area contributed by atoms with Crippen LogP contribution in [0.25, 0.3) is 0 Å². The Bertz CT molecular complexity index is 687. The third-order valence-corrected chi connectivity index (χ3v) is 6.02. The summed E-state index contributed by atoms with van der Waals surface area (Å²) in [5.74, 6) is 0. The van der Waals surface area contributed by atoms with Crippen molar-refractivity contribution in [3.63, 3.8) is 0 Å². The van der Waals surface area contributed by atoms with Crippen molar-refractivity contribution in [2.45, 2.75) is 12.1 Å². The Morgan fingerprint density at radius 1 is 1.09 bits per heavy atom. The van der Waals surface area contributed by atoms with Gasteiger partial charge in [-0.15, -0.1) is 22.7 Å². The molecule has 0 bridgehead atoms. The lowest BCUT2D eigenvalue weighted by molar-refractivity contribution is 0.0863. The number of hydrogen-bond donors (Lipinski definition) is 3. The Balaban J connectivity index is 1.64. The molecule has 1 atom stereocenters. The molecule has 0 spiro atoms. The zero-order valence-electron chi connectivity index (χ0n) is 12.2. The highest BCUT2D eigenvalue weighted by Crippen LogP contribution is 2.33. The van der Waals surface area contributed by atoms with Gasteiger partial charge in [-0.1, -0.05) is 12.1 Å². The van der Waals surface area contributed by atoms with E-state index in [-0.39, 0.29) is 12.6 Å². The molecule has 2 amide bonds. The minimum atomic E-state index is -1.20. The van der Waals surface area contributed by atoms with Crippen LogP contribution in [0.3, 0.4) is 0 Å². The highest BCUT2D eigenvalue weighted by molar-refractivity contribution is 7.10. The molecular weight excluding hydrogens is 348 g/mol. The lowest BCUT2D eigenvalue weighted by Gasteiger charge is -2.27. The van der Waals surface area contributed by atoms with Crippen LogP contribution in [0, 0.1) is 0 Å². The van der Waals surface area contributed by atoms with Crippen LogP contribution < -0.4 is 10.6 Å². The fraction of sp³-hybridized carbons (Fsp3) is 0.188. The van der Waals surface area contributed by atoms with E-state index in [0.29, 0.717) is 6.54 Å². The predicted molar refractivity (Wildman–Crippen MR) is 96.2 cm³/mol. The van der Waals surface area contributed by atoms with Crippen molar-refractivity contribution in [2.24, 2.45) is 0 Å². The van der Waals surface area contributed by atoms with Gasteiger partial charge >= 0.3 is 6.03 Å². The quantitative estimate of drug-likeness (QED) is 0.626. The maximum atomic E-state index is 12.0. The van der Waals surface area contributed by atoms with Crippen molar-refractivity contribution in [1.29, 1.82) is 0 Å². The maximum absolute atomic E-state index is 12.0. The summed E-state index contributed by atoms with van der Waals surface area (Å²) < 4.78 is 0. The molecule has 0 radical (unpaired) electrons. The van der Waals surface area contributed by atoms with Crippen LogP contribution >= 0.6 is 34.0 Å². The molecule has 3 heterocycles. The van der Waals surface area contributed by atoms with Crippen molar-refractivity contribution < 1.29 is 9.90 Å². The molecule has 0 aromatic carbocycles. The Morgan fingerprint density at radius 3 is 2.57 bits per heavy atom. The average Bonchev–Trinajstić information content (AvgIpc) is 3.33. The third-order valence-electron chi connectivity index (χ3n) is 3.44. The highest BCUT2D eigenvalue weighted by Gasteiger charge is 2.33. The van der Waals surface area contributed by atoms with Gasteiger partial charge in [0.15, 0.2) is 0 Å². The Hall–Kier alpha value is -1.67. The molecule has 3 aromatic heterocycles. The van der Waals surface area contributed by atoms with Crippen LogP contribution in [0.5, 0.6) is 0 Å². The van der Waals surface area contributed by atoms with E-state index in [1.807, 2.05) is 51.9 Å². The second-order valence-electron chi connectivity index (χ2n) is 4.97. The third kappa shape index (κ3) is 3.81. The standard InChI is InChI=1S/C16H16N2O2S3/c19-15(17-9-13-3-1-6-22-13)18-11-16(20,12-5-8-21-10-12)14-4-2-7-23-14/h1-8,10,20H,9,11H2,(H2,17,18,19). The first-order chi connectivity index (χ1) is 11.2. The van der Waals surface area contributed by atoms with Gasteiger partial charge in [0.2, 0.25) is 0 Å². The van der Waals surface area contributed by atoms with Gasteiger partial charge in [0.1, 0.15) is 5.60 Å². The number of rotatable bonds is 6. The minimum absolute atomic E-state index is 0.126. The van der Waals surface area contributed by atoms with Gasteiger partial charge in [-0.3, -0.25) is 0 Å². The van der Waals surface area contributed by atoms with E-state index in [0.717, 1.165) is 15.3 Å². The fourth-order valence-corrected chi connectivity index (χ4v) is 4.41. The fourth-order valence-electron chi connectivity index (χ4n) is 2.20. The van der Waals surface area contributed by atoms with Crippen LogP contribution in [0.2, 0.25) is 0 Å². The molecule has 0 saturated heterocycles. The molecule has 3 rings (SSSR count). The summed E-state index contributed by atoms with van der Waals surface area (Å²) in [4.78, 5) is 13.9. The number of amides is 2. The van der Waals surface area contributed by atoms with E-state index in [1.54, 1.807) is 11.3 Å². The summed E-state index contributed by atoms with van der Waals surface area (Å²) in [6, 6.07) is 9.30. The van der Waals surface area contributed by atoms with E-state index < -0.39 is 5.60 Å². The lowest BCUT2D eigenvalue weighted by atomic mass is 9.94. The number of aliphatic hydroxyl groups is 1. The number of hydrogen-bond acceptors (Lipinski definition) is 5. The molecule has 0 aliphatic rings. The summed E-state index contributed by atoms with van der Waals surface area (Å²) in [7, 11) is 0. The number of nitrogens with one attached hydrogen (secondary N) is 2. The number of carbonyl (C=O) groups excluding carboxylic acids is 1. The molecule has 3 aromatic rings. The molecule has 4 nitrogen and oxygen atoms in total. The SMILES string of the molecule is O=C(NCc1cccs1)NCC(O)(c1ccsc1)c1cccs1. The summed E-state index contributed by atoms with van der Waals surface area (Å²) in [6.07, 6.45) is 0. The molecule has 7 heteroatoms. The molecule has 1 unspecified atom stereocenters. The van der Waals surface area contributed by atoms with Crippen molar-refractivity contribution in [2.75, 3.05) is 6.54 Å². The largest absolute Gasteiger partial charge is 0.378 e. The zero-order chi connectivity index (χ0) is 16.1. The number of carbonyl (C=O) groups is 1. The first kappa shape index (κ1) is 16.2. The summed E-state index contributed by atoms with van der Waals surface area (Å²) in [5.41, 5.74) is -0.405. The van der Waals surface area contributed by atoms with E-state index in [9.17, 15) is 9.90 Å².